The van der Waals surface area contributed by atoms with Crippen LogP contribution in [0.3, 0.4) is 0 Å². The van der Waals surface area contributed by atoms with Crippen molar-refractivity contribution in [3.63, 3.8) is 0 Å². The van der Waals surface area contributed by atoms with E-state index in [9.17, 15) is 0 Å². The Bertz CT molecular complexity index is 1080. The number of nitrogens with two attached hydrogens (primary N) is 1. The number of hydrogen-bond donors (Lipinski definition) is 1. The number of para-hydroxylation sites is 1. The van der Waals surface area contributed by atoms with Gasteiger partial charge in [-0.25, -0.2) is 14.6 Å². The van der Waals surface area contributed by atoms with Gasteiger partial charge in [0.05, 0.1) is 11.4 Å². The second kappa shape index (κ2) is 6.39. The van der Waals surface area contributed by atoms with Crippen molar-refractivity contribution in [2.24, 2.45) is 0 Å². The molecule has 136 valence electrons. The summed E-state index contributed by atoms with van der Waals surface area (Å²) in [6, 6.07) is 9.76. The van der Waals surface area contributed by atoms with Crippen LogP contribution in [0.1, 0.15) is 31.7 Å². The van der Waals surface area contributed by atoms with E-state index in [2.05, 4.69) is 15.1 Å². The van der Waals surface area contributed by atoms with Crippen LogP contribution in [0.5, 0.6) is 11.5 Å². The van der Waals surface area contributed by atoms with E-state index < -0.39 is 0 Å². The van der Waals surface area contributed by atoms with E-state index in [4.69, 9.17) is 20.1 Å². The van der Waals surface area contributed by atoms with Crippen molar-refractivity contribution in [3.8, 4) is 23.0 Å². The van der Waals surface area contributed by atoms with Crippen molar-refractivity contribution < 1.29 is 9.26 Å². The first-order valence-electron chi connectivity index (χ1n) is 8.98. The molecule has 0 bridgehead atoms. The summed E-state index contributed by atoms with van der Waals surface area (Å²) < 4.78 is 13.4. The number of rotatable bonds is 4. The lowest BCUT2D eigenvalue weighted by Crippen LogP contribution is -2.07. The van der Waals surface area contributed by atoms with E-state index in [1.165, 1.54) is 25.4 Å². The zero-order valence-electron chi connectivity index (χ0n) is 14.6. The lowest BCUT2D eigenvalue weighted by Gasteiger charge is -2.09. The van der Waals surface area contributed by atoms with Gasteiger partial charge >= 0.3 is 0 Å². The monoisotopic (exact) mass is 362 g/mol. The first-order valence-corrected chi connectivity index (χ1v) is 8.98. The van der Waals surface area contributed by atoms with Crippen molar-refractivity contribution in [1.82, 2.24) is 24.9 Å². The number of benzene rings is 1. The number of hydrogen-bond acceptors (Lipinski definition) is 7. The standard InChI is InChI=1S/C19H18N6O2/c20-18-15-16(17-14(10-23-27-17)26-13-8-2-1-3-9-13)24-25(12-6-4-5-7-12)19(15)22-11-21-18/h1-3,8-12H,4-7H2,(H2,20,21,22). The normalized spacial score (nSPS) is 14.8. The number of nitrogens with zero attached hydrogens (tertiary/aromatic N) is 5. The summed E-state index contributed by atoms with van der Waals surface area (Å²) in [5, 5.41) is 9.37. The zero-order valence-corrected chi connectivity index (χ0v) is 14.6. The fourth-order valence-electron chi connectivity index (χ4n) is 3.64. The highest BCUT2D eigenvalue weighted by atomic mass is 16.5. The maximum absolute atomic E-state index is 6.17. The molecule has 0 saturated heterocycles. The molecular formula is C19H18N6O2. The quantitative estimate of drug-likeness (QED) is 0.585. The third-order valence-corrected chi connectivity index (χ3v) is 4.91. The van der Waals surface area contributed by atoms with Gasteiger partial charge in [-0.3, -0.25) is 0 Å². The largest absolute Gasteiger partial charge is 0.451 e. The number of anilines is 1. The van der Waals surface area contributed by atoms with Gasteiger partial charge in [0.25, 0.3) is 0 Å². The lowest BCUT2D eigenvalue weighted by atomic mass is 10.2. The molecule has 1 fully saturated rings. The molecule has 1 aliphatic rings. The van der Waals surface area contributed by atoms with Gasteiger partial charge in [-0.1, -0.05) is 36.2 Å². The van der Waals surface area contributed by atoms with Gasteiger partial charge in [0.2, 0.25) is 5.76 Å². The molecule has 3 aromatic heterocycles. The van der Waals surface area contributed by atoms with Crippen LogP contribution >= 0.6 is 0 Å². The van der Waals surface area contributed by atoms with Crippen LogP contribution in [0, 0.1) is 0 Å². The van der Waals surface area contributed by atoms with Crippen LogP contribution in [0.15, 0.2) is 47.4 Å². The van der Waals surface area contributed by atoms with Crippen LogP contribution < -0.4 is 10.5 Å². The Hall–Kier alpha value is -3.42. The van der Waals surface area contributed by atoms with Crippen LogP contribution in [0.2, 0.25) is 0 Å². The molecule has 5 rings (SSSR count). The first kappa shape index (κ1) is 15.8. The molecule has 27 heavy (non-hydrogen) atoms. The Morgan fingerprint density at radius 2 is 1.93 bits per heavy atom. The van der Waals surface area contributed by atoms with Gasteiger partial charge in [0.15, 0.2) is 11.4 Å². The third-order valence-electron chi connectivity index (χ3n) is 4.91. The lowest BCUT2D eigenvalue weighted by molar-refractivity contribution is 0.419. The molecular weight excluding hydrogens is 344 g/mol. The number of ether oxygens (including phenoxy) is 1. The summed E-state index contributed by atoms with van der Waals surface area (Å²) in [5.74, 6) is 1.94. The smallest absolute Gasteiger partial charge is 0.230 e. The minimum absolute atomic E-state index is 0.303. The average Bonchev–Trinajstić information content (AvgIpc) is 3.42. The predicted molar refractivity (Wildman–Crippen MR) is 99.3 cm³/mol. The second-order valence-corrected chi connectivity index (χ2v) is 6.62. The minimum atomic E-state index is 0.303. The summed E-state index contributed by atoms with van der Waals surface area (Å²) in [7, 11) is 0. The number of fused-ring (bicyclic) bond motifs is 1. The third kappa shape index (κ3) is 2.69. The summed E-state index contributed by atoms with van der Waals surface area (Å²) in [6.07, 6.45) is 7.52. The Morgan fingerprint density at radius 1 is 1.11 bits per heavy atom. The fraction of sp³-hybridized carbons (Fsp3) is 0.263. The van der Waals surface area contributed by atoms with Crippen molar-refractivity contribution in [2.75, 3.05) is 5.73 Å². The highest BCUT2D eigenvalue weighted by Crippen LogP contribution is 2.40. The fourth-order valence-corrected chi connectivity index (χ4v) is 3.64. The molecule has 0 atom stereocenters. The molecule has 0 amide bonds. The van der Waals surface area contributed by atoms with Gasteiger partial charge < -0.3 is 15.0 Å². The van der Waals surface area contributed by atoms with E-state index >= 15 is 0 Å². The molecule has 8 nitrogen and oxygen atoms in total. The maximum Gasteiger partial charge on any atom is 0.230 e. The van der Waals surface area contributed by atoms with Gasteiger partial charge in [0.1, 0.15) is 29.8 Å². The predicted octanol–water partition coefficient (Wildman–Crippen LogP) is 3.97. The second-order valence-electron chi connectivity index (χ2n) is 6.62. The van der Waals surface area contributed by atoms with Crippen LogP contribution in [-0.2, 0) is 0 Å². The highest BCUT2D eigenvalue weighted by molar-refractivity contribution is 5.98. The van der Waals surface area contributed by atoms with Crippen LogP contribution in [0.4, 0.5) is 5.82 Å². The molecule has 1 aliphatic carbocycles. The molecule has 0 unspecified atom stereocenters. The van der Waals surface area contributed by atoms with Crippen molar-refractivity contribution in [2.45, 2.75) is 31.7 Å². The molecule has 3 heterocycles. The van der Waals surface area contributed by atoms with E-state index in [-0.39, 0.29) is 0 Å². The van der Waals surface area contributed by atoms with Crippen molar-refractivity contribution in [1.29, 1.82) is 0 Å². The Labute approximate surface area is 155 Å². The molecule has 0 spiro atoms. The SMILES string of the molecule is Nc1ncnc2c1c(-c1oncc1Oc1ccccc1)nn2C1CCCC1. The summed E-state index contributed by atoms with van der Waals surface area (Å²) in [4.78, 5) is 8.58. The van der Waals surface area contributed by atoms with Crippen molar-refractivity contribution >= 4 is 16.9 Å². The molecule has 2 N–H and O–H groups in total. The van der Waals surface area contributed by atoms with E-state index in [1.807, 2.05) is 35.0 Å². The summed E-state index contributed by atoms with van der Waals surface area (Å²) in [5.41, 5.74) is 7.44. The van der Waals surface area contributed by atoms with Crippen LogP contribution in [-0.4, -0.2) is 24.9 Å². The van der Waals surface area contributed by atoms with Gasteiger partial charge in [0, 0.05) is 0 Å². The molecule has 4 aromatic rings. The molecule has 1 aromatic carbocycles. The van der Waals surface area contributed by atoms with Crippen molar-refractivity contribution in [3.05, 3.63) is 42.9 Å². The highest BCUT2D eigenvalue weighted by Gasteiger charge is 2.27. The van der Waals surface area contributed by atoms with E-state index in [0.717, 1.165) is 12.8 Å². The maximum atomic E-state index is 6.17. The topological polar surface area (TPSA) is 105 Å². The molecule has 1 saturated carbocycles. The Balaban J connectivity index is 1.65. The van der Waals surface area contributed by atoms with E-state index in [1.54, 1.807) is 0 Å². The Morgan fingerprint density at radius 3 is 2.74 bits per heavy atom. The Kier molecular flexibility index (Phi) is 3.74. The molecule has 0 aliphatic heterocycles. The molecule has 0 radical (unpaired) electrons. The van der Waals surface area contributed by atoms with Crippen LogP contribution in [0.25, 0.3) is 22.5 Å². The summed E-state index contributed by atoms with van der Waals surface area (Å²) >= 11 is 0. The van der Waals surface area contributed by atoms with Gasteiger partial charge in [-0.05, 0) is 25.0 Å². The van der Waals surface area contributed by atoms with E-state index in [0.29, 0.717) is 45.8 Å². The summed E-state index contributed by atoms with van der Waals surface area (Å²) in [6.45, 7) is 0. The first-order chi connectivity index (χ1) is 13.3. The minimum Gasteiger partial charge on any atom is -0.451 e. The van der Waals surface area contributed by atoms with Gasteiger partial charge in [-0.2, -0.15) is 5.10 Å². The average molecular weight is 362 g/mol. The number of aromatic nitrogens is 5. The molecule has 8 heteroatoms. The number of nitrogen functional groups attached to an aromatic ring is 1. The van der Waals surface area contributed by atoms with Gasteiger partial charge in [-0.15, -0.1) is 0 Å². The zero-order chi connectivity index (χ0) is 18.2.